The molecule has 1 aromatic carbocycles. The molecular formula is C17H24IN5O2S. The van der Waals surface area contributed by atoms with Crippen LogP contribution in [0.25, 0.3) is 0 Å². The van der Waals surface area contributed by atoms with Gasteiger partial charge in [-0.1, -0.05) is 29.8 Å². The van der Waals surface area contributed by atoms with E-state index in [4.69, 9.17) is 0 Å². The van der Waals surface area contributed by atoms with E-state index in [1.807, 2.05) is 6.92 Å². The third-order valence-corrected chi connectivity index (χ3v) is 4.90. The van der Waals surface area contributed by atoms with Gasteiger partial charge < -0.3 is 10.6 Å². The molecule has 26 heavy (non-hydrogen) atoms. The molecule has 0 aliphatic heterocycles. The molecule has 0 bridgehead atoms. The lowest BCUT2D eigenvalue weighted by molar-refractivity contribution is 0.580. The number of aromatic nitrogens is 1. The minimum Gasteiger partial charge on any atom is -0.355 e. The molecular weight excluding hydrogens is 465 g/mol. The van der Waals surface area contributed by atoms with E-state index in [9.17, 15) is 8.42 Å². The summed E-state index contributed by atoms with van der Waals surface area (Å²) in [4.78, 5) is 8.09. The van der Waals surface area contributed by atoms with Crippen molar-refractivity contribution >= 4 is 40.0 Å². The van der Waals surface area contributed by atoms with E-state index in [-0.39, 0.29) is 35.4 Å². The third kappa shape index (κ3) is 7.26. The van der Waals surface area contributed by atoms with E-state index in [1.165, 1.54) is 24.0 Å². The summed E-state index contributed by atoms with van der Waals surface area (Å²) >= 11 is 0. The first-order valence-corrected chi connectivity index (χ1v) is 9.39. The van der Waals surface area contributed by atoms with Crippen LogP contribution in [0.2, 0.25) is 0 Å². The largest absolute Gasteiger partial charge is 0.355 e. The van der Waals surface area contributed by atoms with Crippen molar-refractivity contribution in [3.63, 3.8) is 0 Å². The van der Waals surface area contributed by atoms with E-state index >= 15 is 0 Å². The molecule has 7 nitrogen and oxygen atoms in total. The molecule has 1 heterocycles. The number of aryl methyl sites for hydroxylation is 1. The van der Waals surface area contributed by atoms with Crippen LogP contribution in [0.5, 0.6) is 0 Å². The number of aliphatic imine (C=N–C) groups is 1. The van der Waals surface area contributed by atoms with Gasteiger partial charge in [0.05, 0.1) is 0 Å². The first kappa shape index (κ1) is 22.3. The third-order valence-electron chi connectivity index (χ3n) is 3.46. The van der Waals surface area contributed by atoms with Crippen LogP contribution in [0.3, 0.4) is 0 Å². The molecule has 1 aromatic heterocycles. The summed E-state index contributed by atoms with van der Waals surface area (Å²) in [5.41, 5.74) is 2.36. The van der Waals surface area contributed by atoms with E-state index < -0.39 is 10.0 Å². The van der Waals surface area contributed by atoms with Gasteiger partial charge in [0.15, 0.2) is 5.96 Å². The van der Waals surface area contributed by atoms with Gasteiger partial charge in [0.2, 0.25) is 10.0 Å². The van der Waals surface area contributed by atoms with Gasteiger partial charge in [-0.15, -0.1) is 24.0 Å². The Kier molecular flexibility index (Phi) is 9.52. The quantitative estimate of drug-likeness (QED) is 0.238. The van der Waals surface area contributed by atoms with E-state index in [1.54, 1.807) is 13.1 Å². The van der Waals surface area contributed by atoms with Crippen LogP contribution in [-0.2, 0) is 16.6 Å². The van der Waals surface area contributed by atoms with Gasteiger partial charge in [0.1, 0.15) is 4.90 Å². The highest BCUT2D eigenvalue weighted by Gasteiger charge is 2.12. The predicted molar refractivity (Wildman–Crippen MR) is 114 cm³/mol. The standard InChI is InChI=1S/C17H23N5O2S.HI/c1-14-5-7-15(8-6-14)12-21-17(18-2)20-10-11-22-25(23,24)16-4-3-9-19-13-16;/h3-9,13,22H,10-12H2,1-2H3,(H2,18,20,21);1H. The molecule has 0 amide bonds. The van der Waals surface area contributed by atoms with Gasteiger partial charge in [-0.25, -0.2) is 13.1 Å². The smallest absolute Gasteiger partial charge is 0.242 e. The van der Waals surface area contributed by atoms with Gasteiger partial charge >= 0.3 is 0 Å². The number of hydrogen-bond donors (Lipinski definition) is 3. The summed E-state index contributed by atoms with van der Waals surface area (Å²) in [5, 5.41) is 6.26. The second-order valence-corrected chi connectivity index (χ2v) is 7.19. The number of sulfonamides is 1. The molecule has 0 saturated heterocycles. The summed E-state index contributed by atoms with van der Waals surface area (Å²) in [6.07, 6.45) is 2.85. The average Bonchev–Trinajstić information content (AvgIpc) is 2.63. The minimum atomic E-state index is -3.54. The van der Waals surface area contributed by atoms with Crippen molar-refractivity contribution in [3.8, 4) is 0 Å². The normalized spacial score (nSPS) is 11.5. The highest BCUT2D eigenvalue weighted by atomic mass is 127. The van der Waals surface area contributed by atoms with Crippen molar-refractivity contribution in [2.75, 3.05) is 20.1 Å². The van der Waals surface area contributed by atoms with Crippen molar-refractivity contribution < 1.29 is 8.42 Å². The van der Waals surface area contributed by atoms with Crippen LogP contribution < -0.4 is 15.4 Å². The predicted octanol–water partition coefficient (Wildman–Crippen LogP) is 1.65. The van der Waals surface area contributed by atoms with Crippen LogP contribution >= 0.6 is 24.0 Å². The van der Waals surface area contributed by atoms with Crippen molar-refractivity contribution in [1.82, 2.24) is 20.3 Å². The first-order chi connectivity index (χ1) is 12.0. The fourth-order valence-corrected chi connectivity index (χ4v) is 3.06. The Morgan fingerprint density at radius 2 is 1.85 bits per heavy atom. The molecule has 0 spiro atoms. The molecule has 0 unspecified atom stereocenters. The van der Waals surface area contributed by atoms with Gasteiger partial charge in [-0.05, 0) is 24.6 Å². The van der Waals surface area contributed by atoms with Gasteiger partial charge in [0, 0.05) is 39.1 Å². The number of nitrogens with one attached hydrogen (secondary N) is 3. The maximum absolute atomic E-state index is 12.1. The summed E-state index contributed by atoms with van der Waals surface area (Å²) in [6.45, 7) is 3.33. The van der Waals surface area contributed by atoms with Crippen LogP contribution in [0, 0.1) is 6.92 Å². The number of pyridine rings is 1. The Balaban J connectivity index is 0.00000338. The fourth-order valence-electron chi connectivity index (χ4n) is 2.07. The van der Waals surface area contributed by atoms with E-state index in [0.717, 1.165) is 5.56 Å². The van der Waals surface area contributed by atoms with Crippen LogP contribution in [0.1, 0.15) is 11.1 Å². The zero-order valence-corrected chi connectivity index (χ0v) is 17.9. The second kappa shape index (κ2) is 11.1. The lowest BCUT2D eigenvalue weighted by atomic mass is 10.1. The number of guanidine groups is 1. The molecule has 0 radical (unpaired) electrons. The van der Waals surface area contributed by atoms with Crippen LogP contribution in [-0.4, -0.2) is 39.5 Å². The SMILES string of the molecule is CN=C(NCCNS(=O)(=O)c1cccnc1)NCc1ccc(C)cc1.I. The zero-order valence-electron chi connectivity index (χ0n) is 14.8. The molecule has 2 rings (SSSR count). The second-order valence-electron chi connectivity index (χ2n) is 5.42. The average molecular weight is 489 g/mol. The Morgan fingerprint density at radius 1 is 1.12 bits per heavy atom. The molecule has 3 N–H and O–H groups in total. The summed E-state index contributed by atoms with van der Waals surface area (Å²) in [5.74, 6) is 0.612. The van der Waals surface area contributed by atoms with E-state index in [0.29, 0.717) is 19.0 Å². The van der Waals surface area contributed by atoms with Crippen molar-refractivity contribution in [2.24, 2.45) is 4.99 Å². The lowest BCUT2D eigenvalue weighted by Crippen LogP contribution is -2.41. The Morgan fingerprint density at radius 3 is 2.46 bits per heavy atom. The zero-order chi connectivity index (χ0) is 18.1. The van der Waals surface area contributed by atoms with Crippen molar-refractivity contribution in [1.29, 1.82) is 0 Å². The van der Waals surface area contributed by atoms with Crippen LogP contribution in [0.15, 0.2) is 58.7 Å². The molecule has 0 fully saturated rings. The van der Waals surface area contributed by atoms with Crippen LogP contribution in [0.4, 0.5) is 0 Å². The van der Waals surface area contributed by atoms with Crippen molar-refractivity contribution in [3.05, 3.63) is 59.9 Å². The van der Waals surface area contributed by atoms with Gasteiger partial charge in [-0.2, -0.15) is 0 Å². The molecule has 0 atom stereocenters. The Labute approximate surface area is 171 Å². The topological polar surface area (TPSA) is 95.5 Å². The monoisotopic (exact) mass is 489 g/mol. The molecule has 0 aliphatic rings. The summed E-state index contributed by atoms with van der Waals surface area (Å²) in [6, 6.07) is 11.3. The fraction of sp³-hybridized carbons (Fsp3) is 0.294. The molecule has 9 heteroatoms. The Hall–Kier alpha value is -1.72. The highest BCUT2D eigenvalue weighted by molar-refractivity contribution is 14.0. The Bertz CT molecular complexity index is 796. The maximum atomic E-state index is 12.1. The number of hydrogen-bond acceptors (Lipinski definition) is 4. The molecule has 142 valence electrons. The number of nitrogens with zero attached hydrogens (tertiary/aromatic N) is 2. The summed E-state index contributed by atoms with van der Waals surface area (Å²) in [7, 11) is -1.87. The maximum Gasteiger partial charge on any atom is 0.242 e. The molecule has 0 saturated carbocycles. The highest BCUT2D eigenvalue weighted by Crippen LogP contribution is 2.04. The first-order valence-electron chi connectivity index (χ1n) is 7.91. The number of halogens is 1. The lowest BCUT2D eigenvalue weighted by Gasteiger charge is -2.12. The molecule has 2 aromatic rings. The number of benzene rings is 1. The van der Waals surface area contributed by atoms with E-state index in [2.05, 4.69) is 49.6 Å². The van der Waals surface area contributed by atoms with Gasteiger partial charge in [-0.3, -0.25) is 9.98 Å². The molecule has 0 aliphatic carbocycles. The van der Waals surface area contributed by atoms with Crippen molar-refractivity contribution in [2.45, 2.75) is 18.4 Å². The van der Waals surface area contributed by atoms with Gasteiger partial charge in [0.25, 0.3) is 0 Å². The summed E-state index contributed by atoms with van der Waals surface area (Å²) < 4.78 is 26.6. The minimum absolute atomic E-state index is 0. The number of rotatable bonds is 7.